The van der Waals surface area contributed by atoms with Gasteiger partial charge in [0.2, 0.25) is 0 Å². The Morgan fingerprint density at radius 1 is 1.26 bits per heavy atom. The molecule has 3 nitrogen and oxygen atoms in total. The molecule has 19 heavy (non-hydrogen) atoms. The number of halogens is 1. The van der Waals surface area contributed by atoms with Crippen LogP contribution in [0, 0.1) is 17.4 Å². The van der Waals surface area contributed by atoms with Crippen molar-refractivity contribution >= 4 is 28.5 Å². The predicted octanol–water partition coefficient (Wildman–Crippen LogP) is 3.99. The Hall–Kier alpha value is -1.30. The molecule has 1 unspecified atom stereocenters. The standard InChI is InChI=1S/C15H16INO2/c1-9-5-4-6-12(14(9)16)15(18)17-11(3)13-8-7-10(2)19-13/h4-8,11H,1-3H3,(H,17,18). The van der Waals surface area contributed by atoms with Gasteiger partial charge in [-0.2, -0.15) is 0 Å². The first-order chi connectivity index (χ1) is 8.99. The molecule has 0 saturated carbocycles. The first-order valence-electron chi connectivity index (χ1n) is 6.11. The summed E-state index contributed by atoms with van der Waals surface area (Å²) in [6.07, 6.45) is 0. The van der Waals surface area contributed by atoms with Gasteiger partial charge in [-0.1, -0.05) is 12.1 Å². The molecule has 1 atom stereocenters. The topological polar surface area (TPSA) is 42.2 Å². The average molecular weight is 369 g/mol. The number of nitrogens with one attached hydrogen (secondary N) is 1. The highest BCUT2D eigenvalue weighted by Gasteiger charge is 2.16. The molecule has 1 aromatic heterocycles. The van der Waals surface area contributed by atoms with E-state index in [4.69, 9.17) is 4.42 Å². The molecule has 1 amide bonds. The fourth-order valence-electron chi connectivity index (χ4n) is 1.85. The van der Waals surface area contributed by atoms with Crippen LogP contribution in [-0.4, -0.2) is 5.91 Å². The number of rotatable bonds is 3. The van der Waals surface area contributed by atoms with Gasteiger partial charge in [-0.15, -0.1) is 0 Å². The van der Waals surface area contributed by atoms with Gasteiger partial charge in [0, 0.05) is 3.57 Å². The molecule has 1 aromatic carbocycles. The Balaban J connectivity index is 2.15. The molecule has 0 radical (unpaired) electrons. The number of hydrogen-bond donors (Lipinski definition) is 1. The van der Waals surface area contributed by atoms with Crippen LogP contribution in [0.4, 0.5) is 0 Å². The lowest BCUT2D eigenvalue weighted by Gasteiger charge is -2.13. The van der Waals surface area contributed by atoms with Crippen molar-refractivity contribution in [3.05, 3.63) is 56.5 Å². The lowest BCUT2D eigenvalue weighted by Crippen LogP contribution is -2.27. The molecule has 0 aliphatic rings. The van der Waals surface area contributed by atoms with Crippen molar-refractivity contribution in [3.8, 4) is 0 Å². The van der Waals surface area contributed by atoms with Crippen molar-refractivity contribution in [1.82, 2.24) is 5.32 Å². The zero-order chi connectivity index (χ0) is 14.0. The van der Waals surface area contributed by atoms with E-state index in [0.717, 1.165) is 20.7 Å². The summed E-state index contributed by atoms with van der Waals surface area (Å²) < 4.78 is 6.51. The van der Waals surface area contributed by atoms with Gasteiger partial charge in [-0.05, 0) is 67.1 Å². The molecule has 2 rings (SSSR count). The van der Waals surface area contributed by atoms with Crippen molar-refractivity contribution in [2.75, 3.05) is 0 Å². The maximum absolute atomic E-state index is 12.3. The van der Waals surface area contributed by atoms with E-state index in [-0.39, 0.29) is 11.9 Å². The first kappa shape index (κ1) is 14.1. The molecule has 0 aliphatic heterocycles. The van der Waals surface area contributed by atoms with Crippen molar-refractivity contribution in [3.63, 3.8) is 0 Å². The quantitative estimate of drug-likeness (QED) is 0.832. The van der Waals surface area contributed by atoms with Gasteiger partial charge in [0.1, 0.15) is 11.5 Å². The average Bonchev–Trinajstić information content (AvgIpc) is 2.79. The monoisotopic (exact) mass is 369 g/mol. The highest BCUT2D eigenvalue weighted by molar-refractivity contribution is 14.1. The molecular weight excluding hydrogens is 353 g/mol. The van der Waals surface area contributed by atoms with Gasteiger partial charge >= 0.3 is 0 Å². The van der Waals surface area contributed by atoms with E-state index in [1.807, 2.05) is 51.1 Å². The first-order valence-corrected chi connectivity index (χ1v) is 7.19. The molecule has 0 aliphatic carbocycles. The molecule has 0 saturated heterocycles. The maximum atomic E-state index is 12.3. The number of carbonyl (C=O) groups is 1. The van der Waals surface area contributed by atoms with Crippen LogP contribution in [0.5, 0.6) is 0 Å². The van der Waals surface area contributed by atoms with Crippen LogP contribution >= 0.6 is 22.6 Å². The number of amides is 1. The smallest absolute Gasteiger partial charge is 0.252 e. The van der Waals surface area contributed by atoms with E-state index in [9.17, 15) is 4.79 Å². The van der Waals surface area contributed by atoms with Crippen LogP contribution in [0.1, 0.15) is 40.4 Å². The predicted molar refractivity (Wildman–Crippen MR) is 83.2 cm³/mol. The second-order valence-corrected chi connectivity index (χ2v) is 5.66. The minimum atomic E-state index is -0.141. The summed E-state index contributed by atoms with van der Waals surface area (Å²) in [5.41, 5.74) is 1.81. The van der Waals surface area contributed by atoms with E-state index in [2.05, 4.69) is 27.9 Å². The van der Waals surface area contributed by atoms with Gasteiger partial charge in [0.15, 0.2) is 0 Å². The Bertz CT molecular complexity index is 604. The van der Waals surface area contributed by atoms with Crippen LogP contribution < -0.4 is 5.32 Å². The van der Waals surface area contributed by atoms with Gasteiger partial charge in [0.25, 0.3) is 5.91 Å². The lowest BCUT2D eigenvalue weighted by molar-refractivity contribution is 0.0934. The number of aryl methyl sites for hydroxylation is 2. The number of hydrogen-bond acceptors (Lipinski definition) is 2. The van der Waals surface area contributed by atoms with Crippen LogP contribution in [-0.2, 0) is 0 Å². The van der Waals surface area contributed by atoms with Crippen molar-refractivity contribution in [2.24, 2.45) is 0 Å². The maximum Gasteiger partial charge on any atom is 0.252 e. The summed E-state index contributed by atoms with van der Waals surface area (Å²) in [7, 11) is 0. The van der Waals surface area contributed by atoms with Crippen LogP contribution in [0.25, 0.3) is 0 Å². The summed E-state index contributed by atoms with van der Waals surface area (Å²) in [5.74, 6) is 1.55. The van der Waals surface area contributed by atoms with Gasteiger partial charge in [-0.25, -0.2) is 0 Å². The normalized spacial score (nSPS) is 12.2. The molecule has 1 N–H and O–H groups in total. The summed E-state index contributed by atoms with van der Waals surface area (Å²) >= 11 is 2.20. The Labute approximate surface area is 126 Å². The zero-order valence-electron chi connectivity index (χ0n) is 11.2. The highest BCUT2D eigenvalue weighted by atomic mass is 127. The van der Waals surface area contributed by atoms with E-state index >= 15 is 0 Å². The number of benzene rings is 1. The Morgan fingerprint density at radius 2 is 2.00 bits per heavy atom. The van der Waals surface area contributed by atoms with E-state index in [1.165, 1.54) is 0 Å². The molecule has 2 aromatic rings. The second kappa shape index (κ2) is 5.77. The minimum Gasteiger partial charge on any atom is -0.464 e. The van der Waals surface area contributed by atoms with Crippen LogP contribution in [0.2, 0.25) is 0 Å². The Kier molecular flexibility index (Phi) is 4.29. The molecule has 0 fully saturated rings. The molecule has 1 heterocycles. The second-order valence-electron chi connectivity index (χ2n) is 4.58. The van der Waals surface area contributed by atoms with Crippen molar-refractivity contribution < 1.29 is 9.21 Å². The molecule has 100 valence electrons. The third kappa shape index (κ3) is 3.18. The minimum absolute atomic E-state index is 0.0744. The molecule has 4 heteroatoms. The molecule has 0 bridgehead atoms. The summed E-state index contributed by atoms with van der Waals surface area (Å²) in [6.45, 7) is 5.80. The SMILES string of the molecule is Cc1ccc(C(C)NC(=O)c2cccc(C)c2I)o1. The zero-order valence-corrected chi connectivity index (χ0v) is 13.3. The highest BCUT2D eigenvalue weighted by Crippen LogP contribution is 2.19. The third-order valence-corrected chi connectivity index (χ3v) is 4.40. The van der Waals surface area contributed by atoms with Crippen LogP contribution in [0.3, 0.4) is 0 Å². The third-order valence-electron chi connectivity index (χ3n) is 2.97. The van der Waals surface area contributed by atoms with E-state index in [0.29, 0.717) is 5.56 Å². The van der Waals surface area contributed by atoms with Crippen molar-refractivity contribution in [2.45, 2.75) is 26.8 Å². The number of furan rings is 1. The molecular formula is C15H16INO2. The Morgan fingerprint density at radius 3 is 2.63 bits per heavy atom. The summed E-state index contributed by atoms with van der Waals surface area (Å²) in [4.78, 5) is 12.3. The van der Waals surface area contributed by atoms with E-state index in [1.54, 1.807) is 0 Å². The van der Waals surface area contributed by atoms with Crippen molar-refractivity contribution in [1.29, 1.82) is 0 Å². The van der Waals surface area contributed by atoms with E-state index < -0.39 is 0 Å². The molecule has 0 spiro atoms. The lowest BCUT2D eigenvalue weighted by atomic mass is 10.1. The summed E-state index contributed by atoms with van der Waals surface area (Å²) in [6, 6.07) is 9.38. The van der Waals surface area contributed by atoms with Gasteiger partial charge in [-0.3, -0.25) is 4.79 Å². The number of carbonyl (C=O) groups excluding carboxylic acids is 1. The fraction of sp³-hybridized carbons (Fsp3) is 0.267. The van der Waals surface area contributed by atoms with Crippen LogP contribution in [0.15, 0.2) is 34.7 Å². The van der Waals surface area contributed by atoms with Gasteiger partial charge < -0.3 is 9.73 Å². The summed E-state index contributed by atoms with van der Waals surface area (Å²) in [5, 5.41) is 2.96. The largest absolute Gasteiger partial charge is 0.464 e. The fourth-order valence-corrected chi connectivity index (χ4v) is 2.46. The van der Waals surface area contributed by atoms with Gasteiger partial charge in [0.05, 0.1) is 11.6 Å².